The van der Waals surface area contributed by atoms with Gasteiger partial charge < -0.3 is 10.1 Å². The zero-order chi connectivity index (χ0) is 22.5. The normalized spacial score (nSPS) is 13.1. The molecule has 0 saturated carbocycles. The van der Waals surface area contributed by atoms with Crippen LogP contribution in [0.2, 0.25) is 0 Å². The van der Waals surface area contributed by atoms with Crippen molar-refractivity contribution in [1.82, 2.24) is 10.3 Å². The molecule has 1 N–H and O–H groups in total. The lowest BCUT2D eigenvalue weighted by Crippen LogP contribution is -2.41. The summed E-state index contributed by atoms with van der Waals surface area (Å²) >= 11 is 3.48. The summed E-state index contributed by atoms with van der Waals surface area (Å²) in [5.74, 6) is 0.513. The molecule has 1 aliphatic heterocycles. The number of nitrogens with zero attached hydrogens (tertiary/aromatic N) is 3. The Labute approximate surface area is 194 Å². The van der Waals surface area contributed by atoms with Crippen LogP contribution in [-0.4, -0.2) is 36.2 Å². The molecule has 162 valence electrons. The van der Waals surface area contributed by atoms with Gasteiger partial charge in [0.1, 0.15) is 18.0 Å². The average molecular weight is 493 g/mol. The minimum atomic E-state index is -0.282. The molecule has 0 fully saturated rings. The summed E-state index contributed by atoms with van der Waals surface area (Å²) in [6, 6.07) is 18.6. The fourth-order valence-corrected chi connectivity index (χ4v) is 3.82. The predicted octanol–water partition coefficient (Wildman–Crippen LogP) is 4.03. The molecule has 0 atom stereocenters. The third kappa shape index (κ3) is 4.86. The van der Waals surface area contributed by atoms with E-state index in [1.54, 1.807) is 25.4 Å². The smallest absolute Gasteiger partial charge is 0.240 e. The number of nitrogens with one attached hydrogen (secondary N) is 1. The molecule has 1 aliphatic rings. The Kier molecular flexibility index (Phi) is 6.61. The van der Waals surface area contributed by atoms with Crippen molar-refractivity contribution in [3.8, 4) is 5.75 Å². The maximum absolute atomic E-state index is 13.2. The van der Waals surface area contributed by atoms with Gasteiger partial charge in [0, 0.05) is 22.8 Å². The highest BCUT2D eigenvalue weighted by Crippen LogP contribution is 2.31. The fraction of sp³-hybridized carbons (Fsp3) is 0.167. The predicted molar refractivity (Wildman–Crippen MR) is 126 cm³/mol. The van der Waals surface area contributed by atoms with Crippen LogP contribution in [0.1, 0.15) is 17.5 Å². The van der Waals surface area contributed by atoms with Gasteiger partial charge in [-0.2, -0.15) is 0 Å². The second-order valence-electron chi connectivity index (χ2n) is 7.16. The summed E-state index contributed by atoms with van der Waals surface area (Å²) in [7, 11) is 1.59. The third-order valence-corrected chi connectivity index (χ3v) is 5.81. The van der Waals surface area contributed by atoms with Crippen molar-refractivity contribution >= 4 is 45.0 Å². The summed E-state index contributed by atoms with van der Waals surface area (Å²) < 4.78 is 6.21. The summed E-state index contributed by atoms with van der Waals surface area (Å²) in [6.07, 6.45) is 1.63. The summed E-state index contributed by atoms with van der Waals surface area (Å²) in [4.78, 5) is 36.3. The SMILES string of the molecule is COc1cccc(C2=Nc3cccnc3N(CC(=O)NCc3ccccc3Br)C(=O)C2)c1. The molecule has 4 rings (SSSR count). The molecule has 2 amide bonds. The van der Waals surface area contributed by atoms with Gasteiger partial charge in [0.2, 0.25) is 11.8 Å². The van der Waals surface area contributed by atoms with Gasteiger partial charge in [-0.15, -0.1) is 0 Å². The van der Waals surface area contributed by atoms with Crippen molar-refractivity contribution in [3.63, 3.8) is 0 Å². The second kappa shape index (κ2) is 9.74. The number of aliphatic imine (C=N–C) groups is 1. The van der Waals surface area contributed by atoms with Crippen molar-refractivity contribution in [2.24, 2.45) is 4.99 Å². The minimum Gasteiger partial charge on any atom is -0.497 e. The number of rotatable bonds is 6. The van der Waals surface area contributed by atoms with Gasteiger partial charge in [0.15, 0.2) is 5.82 Å². The number of carbonyl (C=O) groups is 2. The van der Waals surface area contributed by atoms with Gasteiger partial charge in [0.25, 0.3) is 0 Å². The fourth-order valence-electron chi connectivity index (χ4n) is 3.39. The maximum Gasteiger partial charge on any atom is 0.240 e. The summed E-state index contributed by atoms with van der Waals surface area (Å²) in [5.41, 5.74) is 2.87. The number of methoxy groups -OCH3 is 1. The number of halogens is 1. The number of aromatic nitrogens is 1. The topological polar surface area (TPSA) is 83.9 Å². The molecule has 1 aromatic heterocycles. The third-order valence-electron chi connectivity index (χ3n) is 5.04. The van der Waals surface area contributed by atoms with Crippen LogP contribution in [0.5, 0.6) is 5.75 Å². The van der Waals surface area contributed by atoms with Crippen molar-refractivity contribution in [2.75, 3.05) is 18.6 Å². The van der Waals surface area contributed by atoms with Gasteiger partial charge in [-0.1, -0.05) is 46.3 Å². The van der Waals surface area contributed by atoms with Crippen molar-refractivity contribution in [2.45, 2.75) is 13.0 Å². The quantitative estimate of drug-likeness (QED) is 0.562. The zero-order valence-corrected chi connectivity index (χ0v) is 19.0. The molecule has 0 radical (unpaired) electrons. The first-order valence-corrected chi connectivity index (χ1v) is 10.8. The molecule has 0 spiro atoms. The molecule has 2 heterocycles. The standard InChI is InChI=1S/C24H21BrN4O3/c1-32-18-8-4-7-16(12-18)21-13-23(31)29(24-20(28-21)10-5-11-26-24)15-22(30)27-14-17-6-2-3-9-19(17)25/h2-12H,13-15H2,1H3,(H,27,30). The number of hydrogen-bond acceptors (Lipinski definition) is 5. The first-order chi connectivity index (χ1) is 15.5. The Morgan fingerprint density at radius 2 is 2.00 bits per heavy atom. The molecular weight excluding hydrogens is 472 g/mol. The van der Waals surface area contributed by atoms with Crippen LogP contribution in [0.25, 0.3) is 0 Å². The van der Waals surface area contributed by atoms with Crippen LogP contribution in [0.4, 0.5) is 11.5 Å². The van der Waals surface area contributed by atoms with Crippen LogP contribution in [-0.2, 0) is 16.1 Å². The molecule has 3 aromatic rings. The monoisotopic (exact) mass is 492 g/mol. The van der Waals surface area contributed by atoms with Gasteiger partial charge in [-0.05, 0) is 35.9 Å². The van der Waals surface area contributed by atoms with Crippen LogP contribution < -0.4 is 15.0 Å². The van der Waals surface area contributed by atoms with E-state index < -0.39 is 0 Å². The van der Waals surface area contributed by atoms with E-state index in [1.165, 1.54) is 4.90 Å². The van der Waals surface area contributed by atoms with E-state index in [1.807, 2.05) is 48.5 Å². The van der Waals surface area contributed by atoms with Gasteiger partial charge in [-0.3, -0.25) is 14.5 Å². The molecule has 8 heteroatoms. The van der Waals surface area contributed by atoms with Gasteiger partial charge in [-0.25, -0.2) is 9.98 Å². The van der Waals surface area contributed by atoms with Crippen LogP contribution in [0, 0.1) is 0 Å². The Morgan fingerprint density at radius 3 is 2.81 bits per heavy atom. The molecule has 7 nitrogen and oxygen atoms in total. The highest BCUT2D eigenvalue weighted by molar-refractivity contribution is 9.10. The second-order valence-corrected chi connectivity index (χ2v) is 8.02. The lowest BCUT2D eigenvalue weighted by Gasteiger charge is -2.20. The number of benzene rings is 2. The first-order valence-electron chi connectivity index (χ1n) is 10.0. The number of fused-ring (bicyclic) bond motifs is 1. The molecule has 2 aromatic carbocycles. The van der Waals surface area contributed by atoms with E-state index in [0.717, 1.165) is 15.6 Å². The molecular formula is C24H21BrN4O3. The lowest BCUT2D eigenvalue weighted by molar-refractivity contribution is -0.123. The van der Waals surface area contributed by atoms with Gasteiger partial charge in [0.05, 0.1) is 19.2 Å². The number of ether oxygens (including phenoxy) is 1. The summed E-state index contributed by atoms with van der Waals surface area (Å²) in [6.45, 7) is 0.205. The Balaban J connectivity index is 1.55. The van der Waals surface area contributed by atoms with E-state index >= 15 is 0 Å². The van der Waals surface area contributed by atoms with Crippen LogP contribution in [0.15, 0.2) is 76.3 Å². The van der Waals surface area contributed by atoms with Crippen molar-refractivity contribution < 1.29 is 14.3 Å². The highest BCUT2D eigenvalue weighted by Gasteiger charge is 2.27. The molecule has 0 bridgehead atoms. The van der Waals surface area contributed by atoms with E-state index in [4.69, 9.17) is 9.73 Å². The number of amides is 2. The minimum absolute atomic E-state index is 0.0427. The van der Waals surface area contributed by atoms with E-state index in [9.17, 15) is 9.59 Å². The highest BCUT2D eigenvalue weighted by atomic mass is 79.9. The van der Waals surface area contributed by atoms with Crippen LogP contribution >= 0.6 is 15.9 Å². The Morgan fingerprint density at radius 1 is 1.16 bits per heavy atom. The first kappa shape index (κ1) is 21.7. The molecule has 0 unspecified atom stereocenters. The van der Waals surface area contributed by atoms with Gasteiger partial charge >= 0.3 is 0 Å². The van der Waals surface area contributed by atoms with Crippen molar-refractivity contribution in [3.05, 3.63) is 82.5 Å². The maximum atomic E-state index is 13.2. The Hall–Kier alpha value is -3.52. The molecule has 0 saturated heterocycles. The van der Waals surface area contributed by atoms with E-state index in [-0.39, 0.29) is 24.8 Å². The van der Waals surface area contributed by atoms with Crippen LogP contribution in [0.3, 0.4) is 0 Å². The molecule has 0 aliphatic carbocycles. The van der Waals surface area contributed by atoms with E-state index in [2.05, 4.69) is 26.2 Å². The summed E-state index contributed by atoms with van der Waals surface area (Å²) in [5, 5.41) is 2.87. The van der Waals surface area contributed by atoms with Crippen molar-refractivity contribution in [1.29, 1.82) is 0 Å². The number of hydrogen-bond donors (Lipinski definition) is 1. The number of carbonyl (C=O) groups excluding carboxylic acids is 2. The number of anilines is 1. The molecule has 32 heavy (non-hydrogen) atoms. The Bertz CT molecular complexity index is 1200. The van der Waals surface area contributed by atoms with E-state index in [0.29, 0.717) is 29.5 Å². The average Bonchev–Trinajstić information content (AvgIpc) is 2.95. The largest absolute Gasteiger partial charge is 0.497 e. The number of pyridine rings is 1. The zero-order valence-electron chi connectivity index (χ0n) is 17.4. The lowest BCUT2D eigenvalue weighted by atomic mass is 10.1.